The van der Waals surface area contributed by atoms with Gasteiger partial charge in [0.1, 0.15) is 0 Å². The third-order valence-corrected chi connectivity index (χ3v) is 6.55. The van der Waals surface area contributed by atoms with E-state index in [1.165, 1.54) is 17.6 Å². The van der Waals surface area contributed by atoms with E-state index >= 15 is 0 Å². The molecule has 0 aliphatic heterocycles. The molecule has 0 bridgehead atoms. The lowest BCUT2D eigenvalue weighted by molar-refractivity contribution is -0.123. The van der Waals surface area contributed by atoms with Crippen molar-refractivity contribution in [3.8, 4) is 0 Å². The zero-order chi connectivity index (χ0) is 15.8. The van der Waals surface area contributed by atoms with Gasteiger partial charge in [0.25, 0.3) is 0 Å². The van der Waals surface area contributed by atoms with Crippen LogP contribution < -0.4 is 0 Å². The summed E-state index contributed by atoms with van der Waals surface area (Å²) in [6.07, 6.45) is 9.49. The highest BCUT2D eigenvalue weighted by Crippen LogP contribution is 2.61. The Hall–Kier alpha value is -0.820. The van der Waals surface area contributed by atoms with Gasteiger partial charge in [0.05, 0.1) is 6.10 Å². The summed E-state index contributed by atoms with van der Waals surface area (Å²) in [7, 11) is 0. The third kappa shape index (κ3) is 2.77. The summed E-state index contributed by atoms with van der Waals surface area (Å²) >= 11 is 0. The highest BCUT2D eigenvalue weighted by Gasteiger charge is 2.55. The highest BCUT2D eigenvalue weighted by atomic mass is 16.3. The fourth-order valence-corrected chi connectivity index (χ4v) is 4.99. The minimum atomic E-state index is -0.159. The van der Waals surface area contributed by atoms with Crippen molar-refractivity contribution in [2.75, 3.05) is 0 Å². The fraction of sp³-hybridized carbons (Fsp3) is 0.700. The molecule has 0 radical (unpaired) electrons. The van der Waals surface area contributed by atoms with Gasteiger partial charge in [0, 0.05) is 0 Å². The van der Waals surface area contributed by atoms with Crippen LogP contribution in [0.1, 0.15) is 59.8 Å². The van der Waals surface area contributed by atoms with Crippen LogP contribution >= 0.6 is 0 Å². The van der Waals surface area contributed by atoms with Gasteiger partial charge in [-0.15, -0.1) is 0 Å². The predicted octanol–water partition coefficient (Wildman–Crippen LogP) is 5.28. The number of aliphatic hydroxyl groups excluding tert-OH is 1. The molecule has 0 saturated heterocycles. The summed E-state index contributed by atoms with van der Waals surface area (Å²) in [4.78, 5) is 0. The Morgan fingerprint density at radius 2 is 2.00 bits per heavy atom. The minimum absolute atomic E-state index is 0.0170. The first-order valence-electron chi connectivity index (χ1n) is 8.38. The third-order valence-electron chi connectivity index (χ3n) is 6.55. The summed E-state index contributed by atoms with van der Waals surface area (Å²) in [5, 5.41) is 10.5. The van der Waals surface area contributed by atoms with Crippen LogP contribution in [0.4, 0.5) is 0 Å². The first kappa shape index (κ1) is 16.5. The van der Waals surface area contributed by atoms with Gasteiger partial charge in [0.15, 0.2) is 0 Å². The van der Waals surface area contributed by atoms with Crippen LogP contribution in [0.2, 0.25) is 0 Å². The van der Waals surface area contributed by atoms with Crippen LogP contribution in [0, 0.1) is 22.7 Å². The minimum Gasteiger partial charge on any atom is -0.393 e. The molecule has 21 heavy (non-hydrogen) atoms. The largest absolute Gasteiger partial charge is 0.393 e. The quantitative estimate of drug-likeness (QED) is 0.553. The molecule has 4 atom stereocenters. The second kappa shape index (κ2) is 5.76. The maximum Gasteiger partial charge on any atom is 0.0594 e. The van der Waals surface area contributed by atoms with Crippen LogP contribution in [0.25, 0.3) is 0 Å². The molecule has 118 valence electrons. The van der Waals surface area contributed by atoms with E-state index in [4.69, 9.17) is 0 Å². The van der Waals surface area contributed by atoms with Crippen molar-refractivity contribution in [2.24, 2.45) is 22.7 Å². The summed E-state index contributed by atoms with van der Waals surface area (Å²) in [6.45, 7) is 17.3. The molecule has 0 amide bonds. The Kier molecular flexibility index (Phi) is 4.54. The van der Waals surface area contributed by atoms with Gasteiger partial charge in [-0.2, -0.15) is 0 Å². The van der Waals surface area contributed by atoms with Crippen LogP contribution in [0.3, 0.4) is 0 Å². The molecule has 2 aliphatic carbocycles. The van der Waals surface area contributed by atoms with Crippen molar-refractivity contribution >= 4 is 0 Å². The second-order valence-corrected chi connectivity index (χ2v) is 8.07. The molecule has 0 heterocycles. The smallest absolute Gasteiger partial charge is 0.0594 e. The normalized spacial score (nSPS) is 39.8. The molecule has 0 aromatic rings. The molecule has 1 heteroatoms. The van der Waals surface area contributed by atoms with Crippen molar-refractivity contribution in [3.05, 3.63) is 36.5 Å². The number of hydrogen-bond acceptors (Lipinski definition) is 1. The Morgan fingerprint density at radius 1 is 1.33 bits per heavy atom. The van der Waals surface area contributed by atoms with Gasteiger partial charge in [0.2, 0.25) is 0 Å². The summed E-state index contributed by atoms with van der Waals surface area (Å²) < 4.78 is 0. The Labute approximate surface area is 130 Å². The van der Waals surface area contributed by atoms with E-state index in [0.29, 0.717) is 11.8 Å². The topological polar surface area (TPSA) is 20.2 Å². The van der Waals surface area contributed by atoms with Gasteiger partial charge in [-0.3, -0.25) is 0 Å². The molecule has 2 aliphatic rings. The zero-order valence-electron chi connectivity index (χ0n) is 14.3. The maximum atomic E-state index is 10.5. The number of aliphatic hydroxyl groups is 1. The van der Waals surface area contributed by atoms with E-state index in [0.717, 1.165) is 25.7 Å². The molecule has 2 rings (SSSR count). The average molecular weight is 288 g/mol. The molecule has 1 N–H and O–H groups in total. The van der Waals surface area contributed by atoms with Gasteiger partial charge < -0.3 is 5.11 Å². The SMILES string of the molecule is C=C/C(C)=C/C[C@@H]1C(=C)CC[C@H]2C(C)(C)[C@H](O)CC[C@]12C. The van der Waals surface area contributed by atoms with E-state index in [2.05, 4.69) is 46.9 Å². The predicted molar refractivity (Wildman–Crippen MR) is 91.1 cm³/mol. The van der Waals surface area contributed by atoms with Gasteiger partial charge in [-0.25, -0.2) is 0 Å². The zero-order valence-corrected chi connectivity index (χ0v) is 14.3. The number of fused-ring (bicyclic) bond motifs is 1. The van der Waals surface area contributed by atoms with Gasteiger partial charge in [-0.05, 0) is 61.7 Å². The first-order chi connectivity index (χ1) is 9.73. The van der Waals surface area contributed by atoms with E-state index in [-0.39, 0.29) is 16.9 Å². The Balaban J connectivity index is 2.32. The van der Waals surface area contributed by atoms with E-state index in [1.54, 1.807) is 0 Å². The first-order valence-corrected chi connectivity index (χ1v) is 8.38. The van der Waals surface area contributed by atoms with Crippen LogP contribution in [-0.4, -0.2) is 11.2 Å². The summed E-state index contributed by atoms with van der Waals surface area (Å²) in [5.74, 6) is 1.12. The number of hydrogen-bond donors (Lipinski definition) is 1. The van der Waals surface area contributed by atoms with Crippen molar-refractivity contribution in [2.45, 2.75) is 65.9 Å². The summed E-state index contributed by atoms with van der Waals surface area (Å²) in [5.41, 5.74) is 2.96. The Bertz CT molecular complexity index is 456. The molecule has 0 aromatic carbocycles. The lowest BCUT2D eigenvalue weighted by Crippen LogP contribution is -2.54. The lowest BCUT2D eigenvalue weighted by atomic mass is 9.46. The molecule has 0 unspecified atom stereocenters. The van der Waals surface area contributed by atoms with Crippen LogP contribution in [-0.2, 0) is 0 Å². The van der Waals surface area contributed by atoms with E-state index in [1.807, 2.05) is 6.08 Å². The van der Waals surface area contributed by atoms with Crippen LogP contribution in [0.5, 0.6) is 0 Å². The fourth-order valence-electron chi connectivity index (χ4n) is 4.99. The van der Waals surface area contributed by atoms with Crippen LogP contribution in [0.15, 0.2) is 36.5 Å². The van der Waals surface area contributed by atoms with E-state index < -0.39 is 0 Å². The molecule has 1 nitrogen and oxygen atoms in total. The molecule has 2 saturated carbocycles. The second-order valence-electron chi connectivity index (χ2n) is 8.07. The molecule has 0 spiro atoms. The van der Waals surface area contributed by atoms with Crippen molar-refractivity contribution in [3.63, 3.8) is 0 Å². The highest BCUT2D eigenvalue weighted by molar-refractivity contribution is 5.20. The molecule has 2 fully saturated rings. The van der Waals surface area contributed by atoms with E-state index in [9.17, 15) is 5.11 Å². The number of allylic oxidation sites excluding steroid dienone is 4. The maximum absolute atomic E-state index is 10.5. The molecular weight excluding hydrogens is 256 g/mol. The molecular formula is C20H32O. The monoisotopic (exact) mass is 288 g/mol. The number of rotatable bonds is 3. The van der Waals surface area contributed by atoms with Crippen molar-refractivity contribution in [1.29, 1.82) is 0 Å². The molecule has 0 aromatic heterocycles. The lowest BCUT2D eigenvalue weighted by Gasteiger charge is -2.59. The average Bonchev–Trinajstić information content (AvgIpc) is 2.42. The standard InChI is InChI=1S/C20H32O/c1-7-14(2)8-10-16-15(3)9-11-17-19(4,5)18(21)12-13-20(16,17)6/h7-8,16-18,21H,1,3,9-13H2,2,4-6H3/b14-8+/t16-,17+,18-,20-/m1/s1. The van der Waals surface area contributed by atoms with Crippen molar-refractivity contribution < 1.29 is 5.11 Å². The summed E-state index contributed by atoms with van der Waals surface area (Å²) in [6, 6.07) is 0. The van der Waals surface area contributed by atoms with Crippen molar-refractivity contribution in [1.82, 2.24) is 0 Å². The Morgan fingerprint density at radius 3 is 2.62 bits per heavy atom. The van der Waals surface area contributed by atoms with Gasteiger partial charge >= 0.3 is 0 Å². The van der Waals surface area contributed by atoms with Gasteiger partial charge in [-0.1, -0.05) is 57.2 Å².